The van der Waals surface area contributed by atoms with Crippen LogP contribution in [0.2, 0.25) is 0 Å². The third-order valence-corrected chi connectivity index (χ3v) is 3.61. The molecule has 82 valence electrons. The second-order valence-corrected chi connectivity index (χ2v) is 5.73. The number of hydrogen-bond donors (Lipinski definition) is 1. The molecule has 0 bridgehead atoms. The smallest absolute Gasteiger partial charge is 0.175 e. The van der Waals surface area contributed by atoms with E-state index in [0.29, 0.717) is 17.3 Å². The lowest BCUT2D eigenvalue weighted by atomic mass is 10.0. The molecular formula is C10H13NO3S. The highest BCUT2D eigenvalue weighted by Crippen LogP contribution is 2.32. The maximum atomic E-state index is 11.3. The van der Waals surface area contributed by atoms with Crippen molar-refractivity contribution in [3.05, 3.63) is 23.8 Å². The van der Waals surface area contributed by atoms with Crippen molar-refractivity contribution < 1.29 is 13.2 Å². The molecule has 15 heavy (non-hydrogen) atoms. The summed E-state index contributed by atoms with van der Waals surface area (Å²) in [5.74, 6) is 0.696. The molecule has 0 aromatic heterocycles. The monoisotopic (exact) mass is 227 g/mol. The number of sulfone groups is 1. The summed E-state index contributed by atoms with van der Waals surface area (Å²) in [4.78, 5) is 0.294. The summed E-state index contributed by atoms with van der Waals surface area (Å²) in [7, 11) is -3.17. The Morgan fingerprint density at radius 1 is 1.47 bits per heavy atom. The van der Waals surface area contributed by atoms with Gasteiger partial charge in [-0.25, -0.2) is 8.42 Å². The molecular weight excluding hydrogens is 214 g/mol. The molecule has 2 rings (SSSR count). The topological polar surface area (TPSA) is 69.4 Å². The van der Waals surface area contributed by atoms with Crippen LogP contribution in [0, 0.1) is 0 Å². The van der Waals surface area contributed by atoms with E-state index in [4.69, 9.17) is 10.5 Å². The van der Waals surface area contributed by atoms with Crippen molar-refractivity contribution in [3.63, 3.8) is 0 Å². The molecule has 0 spiro atoms. The molecule has 0 fully saturated rings. The molecule has 5 heteroatoms. The Labute approximate surface area is 89.0 Å². The number of nitrogens with two attached hydrogens (primary N) is 1. The van der Waals surface area contributed by atoms with Crippen LogP contribution in [0.3, 0.4) is 0 Å². The van der Waals surface area contributed by atoms with E-state index in [9.17, 15) is 8.42 Å². The first-order valence-electron chi connectivity index (χ1n) is 4.71. The number of rotatable bonds is 1. The van der Waals surface area contributed by atoms with Crippen molar-refractivity contribution >= 4 is 9.84 Å². The third kappa shape index (κ3) is 1.98. The van der Waals surface area contributed by atoms with Gasteiger partial charge in [-0.1, -0.05) is 0 Å². The van der Waals surface area contributed by atoms with Crippen LogP contribution in [-0.4, -0.2) is 21.3 Å². The highest BCUT2D eigenvalue weighted by molar-refractivity contribution is 7.90. The molecule has 1 aliphatic rings. The fourth-order valence-corrected chi connectivity index (χ4v) is 2.29. The Hall–Kier alpha value is -1.07. The Kier molecular flexibility index (Phi) is 2.44. The highest BCUT2D eigenvalue weighted by Gasteiger charge is 2.20. The first-order valence-corrected chi connectivity index (χ1v) is 6.60. The van der Waals surface area contributed by atoms with Crippen molar-refractivity contribution in [1.82, 2.24) is 0 Å². The van der Waals surface area contributed by atoms with Crippen LogP contribution in [0.15, 0.2) is 23.1 Å². The highest BCUT2D eigenvalue weighted by atomic mass is 32.2. The van der Waals surface area contributed by atoms with E-state index in [1.54, 1.807) is 18.2 Å². The van der Waals surface area contributed by atoms with Gasteiger partial charge in [0.05, 0.1) is 11.5 Å². The predicted molar refractivity (Wildman–Crippen MR) is 56.6 cm³/mol. The normalized spacial score (nSPS) is 20.5. The standard InChI is InChI=1S/C10H13NO3S/c1-15(12,13)7-2-3-10-8(6-7)9(11)4-5-14-10/h2-3,6,9H,4-5,11H2,1H3/t9-/m0/s1. The SMILES string of the molecule is CS(=O)(=O)c1ccc2c(c1)[C@@H](N)CCO2. The van der Waals surface area contributed by atoms with Crippen LogP contribution in [0.4, 0.5) is 0 Å². The Morgan fingerprint density at radius 2 is 2.20 bits per heavy atom. The van der Waals surface area contributed by atoms with E-state index < -0.39 is 9.84 Å². The van der Waals surface area contributed by atoms with Gasteiger partial charge < -0.3 is 10.5 Å². The zero-order valence-corrected chi connectivity index (χ0v) is 9.25. The van der Waals surface area contributed by atoms with Crippen molar-refractivity contribution in [2.45, 2.75) is 17.4 Å². The van der Waals surface area contributed by atoms with E-state index in [-0.39, 0.29) is 6.04 Å². The zero-order chi connectivity index (χ0) is 11.1. The number of ether oxygens (including phenoxy) is 1. The van der Waals surface area contributed by atoms with Gasteiger partial charge in [0.25, 0.3) is 0 Å². The lowest BCUT2D eigenvalue weighted by Gasteiger charge is -2.23. The van der Waals surface area contributed by atoms with Crippen molar-refractivity contribution in [3.8, 4) is 5.75 Å². The summed E-state index contributed by atoms with van der Waals surface area (Å²) in [6, 6.07) is 4.70. The van der Waals surface area contributed by atoms with E-state index in [2.05, 4.69) is 0 Å². The quantitative estimate of drug-likeness (QED) is 0.773. The maximum absolute atomic E-state index is 11.3. The van der Waals surface area contributed by atoms with E-state index >= 15 is 0 Å². The van der Waals surface area contributed by atoms with Gasteiger partial charge in [0.15, 0.2) is 9.84 Å². The summed E-state index contributed by atoms with van der Waals surface area (Å²) in [5, 5.41) is 0. The van der Waals surface area contributed by atoms with Gasteiger partial charge in [-0.3, -0.25) is 0 Å². The molecule has 2 N–H and O–H groups in total. The van der Waals surface area contributed by atoms with Crippen LogP contribution in [0.25, 0.3) is 0 Å². The van der Waals surface area contributed by atoms with Gasteiger partial charge in [0.1, 0.15) is 5.75 Å². The molecule has 1 aromatic rings. The maximum Gasteiger partial charge on any atom is 0.175 e. The van der Waals surface area contributed by atoms with Gasteiger partial charge in [-0.15, -0.1) is 0 Å². The van der Waals surface area contributed by atoms with Crippen LogP contribution in [0.5, 0.6) is 5.75 Å². The van der Waals surface area contributed by atoms with Gasteiger partial charge >= 0.3 is 0 Å². The molecule has 0 radical (unpaired) electrons. The van der Waals surface area contributed by atoms with Crippen LogP contribution >= 0.6 is 0 Å². The summed E-state index contributed by atoms with van der Waals surface area (Å²) >= 11 is 0. The summed E-state index contributed by atoms with van der Waals surface area (Å²) in [6.07, 6.45) is 1.91. The van der Waals surface area contributed by atoms with E-state index in [0.717, 1.165) is 12.0 Å². The molecule has 0 saturated heterocycles. The van der Waals surface area contributed by atoms with Gasteiger partial charge in [-0.05, 0) is 18.2 Å². The van der Waals surface area contributed by atoms with Crippen LogP contribution in [0.1, 0.15) is 18.0 Å². The fraction of sp³-hybridized carbons (Fsp3) is 0.400. The summed E-state index contributed by atoms with van der Waals surface area (Å²) in [6.45, 7) is 0.590. The fourth-order valence-electron chi connectivity index (χ4n) is 1.63. The van der Waals surface area contributed by atoms with Gasteiger partial charge in [0, 0.05) is 24.3 Å². The first-order chi connectivity index (χ1) is 6.98. The van der Waals surface area contributed by atoms with E-state index in [1.165, 1.54) is 6.26 Å². The minimum absolute atomic E-state index is 0.129. The second-order valence-electron chi connectivity index (χ2n) is 3.72. The third-order valence-electron chi connectivity index (χ3n) is 2.50. The Balaban J connectivity index is 2.53. The summed E-state index contributed by atoms with van der Waals surface area (Å²) in [5.41, 5.74) is 6.67. The second kappa shape index (κ2) is 3.50. The average molecular weight is 227 g/mol. The molecule has 4 nitrogen and oxygen atoms in total. The number of benzene rings is 1. The number of fused-ring (bicyclic) bond motifs is 1. The van der Waals surface area contributed by atoms with Crippen molar-refractivity contribution in [1.29, 1.82) is 0 Å². The van der Waals surface area contributed by atoms with Gasteiger partial charge in [-0.2, -0.15) is 0 Å². The first kappa shape index (κ1) is 10.4. The van der Waals surface area contributed by atoms with Crippen LogP contribution < -0.4 is 10.5 Å². The molecule has 1 aromatic carbocycles. The van der Waals surface area contributed by atoms with E-state index in [1.807, 2.05) is 0 Å². The molecule has 0 amide bonds. The molecule has 0 unspecified atom stereocenters. The molecule has 1 aliphatic heterocycles. The Bertz CT molecular complexity index is 481. The molecule has 1 atom stereocenters. The van der Waals surface area contributed by atoms with Gasteiger partial charge in [0.2, 0.25) is 0 Å². The predicted octanol–water partition coefficient (Wildman–Crippen LogP) is 0.872. The lowest BCUT2D eigenvalue weighted by Crippen LogP contribution is -2.20. The van der Waals surface area contributed by atoms with Crippen molar-refractivity contribution in [2.75, 3.05) is 12.9 Å². The minimum atomic E-state index is -3.17. The molecule has 1 heterocycles. The largest absolute Gasteiger partial charge is 0.493 e. The average Bonchev–Trinajstić information content (AvgIpc) is 2.16. The van der Waals surface area contributed by atoms with Crippen molar-refractivity contribution in [2.24, 2.45) is 5.73 Å². The lowest BCUT2D eigenvalue weighted by molar-refractivity contribution is 0.268. The van der Waals surface area contributed by atoms with Crippen LogP contribution in [-0.2, 0) is 9.84 Å². The molecule has 0 saturated carbocycles. The molecule has 0 aliphatic carbocycles. The zero-order valence-electron chi connectivity index (χ0n) is 8.43. The minimum Gasteiger partial charge on any atom is -0.493 e. The summed E-state index contributed by atoms with van der Waals surface area (Å²) < 4.78 is 28.1. The Morgan fingerprint density at radius 3 is 2.87 bits per heavy atom. The number of hydrogen-bond acceptors (Lipinski definition) is 4.